The zero-order chi connectivity index (χ0) is 24.9. The fourth-order valence-electron chi connectivity index (χ4n) is 4.64. The minimum atomic E-state index is -2.53. The van der Waals surface area contributed by atoms with E-state index in [9.17, 15) is 9.59 Å². The molecule has 182 valence electrons. The monoisotopic (exact) mass is 482 g/mol. The van der Waals surface area contributed by atoms with Gasteiger partial charge in [0.2, 0.25) is 5.78 Å². The van der Waals surface area contributed by atoms with Gasteiger partial charge in [-0.2, -0.15) is 0 Å². The Labute approximate surface area is 202 Å². The number of aromatic nitrogens is 1. The molecular formula is C26H34N2O5Si. The maximum absolute atomic E-state index is 14.3. The number of hydrogen-bond acceptors (Lipinski definition) is 7. The second-order valence-corrected chi connectivity index (χ2v) is 15.7. The third kappa shape index (κ3) is 3.87. The maximum atomic E-state index is 14.3. The number of ether oxygens (including phenoxy) is 1. The van der Waals surface area contributed by atoms with Gasteiger partial charge in [0, 0.05) is 5.92 Å². The summed E-state index contributed by atoms with van der Waals surface area (Å²) in [6.45, 7) is 10.7. The van der Waals surface area contributed by atoms with Crippen LogP contribution in [0.5, 0.6) is 5.88 Å². The third-order valence-corrected chi connectivity index (χ3v) is 11.9. The van der Waals surface area contributed by atoms with Gasteiger partial charge in [-0.3, -0.25) is 14.5 Å². The van der Waals surface area contributed by atoms with Gasteiger partial charge in [0.05, 0.1) is 6.04 Å². The molecule has 0 unspecified atom stereocenters. The summed E-state index contributed by atoms with van der Waals surface area (Å²) >= 11 is 0. The number of ketones is 2. The Balaban J connectivity index is 1.84. The Morgan fingerprint density at radius 2 is 1.85 bits per heavy atom. The summed E-state index contributed by atoms with van der Waals surface area (Å²) in [5, 5.41) is 3.94. The van der Waals surface area contributed by atoms with Crippen LogP contribution in [0.25, 0.3) is 0 Å². The smallest absolute Gasteiger partial charge is 0.265 e. The zero-order valence-corrected chi connectivity index (χ0v) is 22.0. The van der Waals surface area contributed by atoms with Gasteiger partial charge in [0.15, 0.2) is 25.5 Å². The van der Waals surface area contributed by atoms with Gasteiger partial charge in [-0.05, 0) is 55.4 Å². The standard InChI is InChI=1S/C26H34N2O5Si/c1-25(2,3)34(6,7)33-26-18(14-11-15-19(26)29)21(28(4)5)22-20(23(26)30)24(27-32-22)31-16-17-12-9-8-10-13-17/h8-13,15,18,21H,14,16H2,1-7H3/t18-,21-,26+/m0/s1. The largest absolute Gasteiger partial charge is 0.470 e. The molecule has 0 N–H and O–H groups in total. The first kappa shape index (κ1) is 24.6. The van der Waals surface area contributed by atoms with Crippen molar-refractivity contribution in [1.29, 1.82) is 0 Å². The van der Waals surface area contributed by atoms with Crippen molar-refractivity contribution in [2.45, 2.75) is 63.6 Å². The van der Waals surface area contributed by atoms with Gasteiger partial charge in [-0.15, -0.1) is 0 Å². The molecule has 0 aliphatic heterocycles. The van der Waals surface area contributed by atoms with Crippen LogP contribution in [0.3, 0.4) is 0 Å². The van der Waals surface area contributed by atoms with Crippen LogP contribution in [0.1, 0.15) is 54.9 Å². The second-order valence-electron chi connectivity index (χ2n) is 10.9. The summed E-state index contributed by atoms with van der Waals surface area (Å²) in [5.74, 6) is -0.611. The molecule has 4 rings (SSSR count). The van der Waals surface area contributed by atoms with E-state index in [0.29, 0.717) is 12.2 Å². The molecule has 1 heterocycles. The summed E-state index contributed by atoms with van der Waals surface area (Å²) in [6, 6.07) is 9.27. The average molecular weight is 483 g/mol. The number of hydrogen-bond donors (Lipinski definition) is 0. The lowest BCUT2D eigenvalue weighted by atomic mass is 9.65. The van der Waals surface area contributed by atoms with Crippen LogP contribution in [-0.4, -0.2) is 49.6 Å². The van der Waals surface area contributed by atoms with Gasteiger partial charge < -0.3 is 13.7 Å². The van der Waals surface area contributed by atoms with Crippen molar-refractivity contribution in [3.8, 4) is 5.88 Å². The molecule has 0 saturated heterocycles. The molecule has 7 nitrogen and oxygen atoms in total. The fourth-order valence-corrected chi connectivity index (χ4v) is 6.09. The van der Waals surface area contributed by atoms with Gasteiger partial charge in [0.1, 0.15) is 12.2 Å². The minimum absolute atomic E-state index is 0.106. The molecule has 2 aliphatic rings. The highest BCUT2D eigenvalue weighted by Crippen LogP contribution is 2.53. The average Bonchev–Trinajstić information content (AvgIpc) is 3.17. The lowest BCUT2D eigenvalue weighted by molar-refractivity contribution is -0.135. The van der Waals surface area contributed by atoms with E-state index in [2.05, 4.69) is 39.0 Å². The van der Waals surface area contributed by atoms with E-state index in [4.69, 9.17) is 13.7 Å². The molecule has 1 aromatic carbocycles. The Morgan fingerprint density at radius 3 is 2.47 bits per heavy atom. The molecule has 0 amide bonds. The number of rotatable bonds is 6. The predicted molar refractivity (Wildman–Crippen MR) is 131 cm³/mol. The zero-order valence-electron chi connectivity index (χ0n) is 21.0. The molecule has 0 fully saturated rings. The highest BCUT2D eigenvalue weighted by atomic mass is 28.4. The third-order valence-electron chi connectivity index (χ3n) is 7.45. The SMILES string of the molecule is CN(C)[C@@H]1c2onc(OCc3ccccc3)c2C(=O)[C@]2(O[Si](C)(C)C(C)(C)C)C(=O)C=CC[C@@H]12. The molecule has 2 aromatic rings. The van der Waals surface area contributed by atoms with Crippen molar-refractivity contribution in [1.82, 2.24) is 10.1 Å². The van der Waals surface area contributed by atoms with E-state index < -0.39 is 25.6 Å². The van der Waals surface area contributed by atoms with Gasteiger partial charge in [-0.25, -0.2) is 0 Å². The normalized spacial score (nSPS) is 24.8. The predicted octanol–water partition coefficient (Wildman–Crippen LogP) is 4.96. The molecular weight excluding hydrogens is 448 g/mol. The van der Waals surface area contributed by atoms with Crippen LogP contribution in [0, 0.1) is 5.92 Å². The molecule has 34 heavy (non-hydrogen) atoms. The van der Waals surface area contributed by atoms with E-state index in [1.54, 1.807) is 0 Å². The molecule has 0 bridgehead atoms. The minimum Gasteiger partial charge on any atom is -0.470 e. The lowest BCUT2D eigenvalue weighted by Gasteiger charge is -2.51. The van der Waals surface area contributed by atoms with Crippen molar-refractivity contribution in [2.24, 2.45) is 5.92 Å². The second kappa shape index (κ2) is 8.59. The summed E-state index contributed by atoms with van der Waals surface area (Å²) in [4.78, 5) is 29.9. The summed E-state index contributed by atoms with van der Waals surface area (Å²) in [6.07, 6.45) is 3.85. The fraction of sp³-hybridized carbons (Fsp3) is 0.500. The van der Waals surface area contributed by atoms with E-state index in [-0.39, 0.29) is 34.9 Å². The number of benzene rings is 1. The van der Waals surface area contributed by atoms with Crippen LogP contribution in [0.15, 0.2) is 47.0 Å². The number of nitrogens with zero attached hydrogens (tertiary/aromatic N) is 2. The van der Waals surface area contributed by atoms with Crippen LogP contribution in [0.4, 0.5) is 0 Å². The first-order valence-corrected chi connectivity index (χ1v) is 14.6. The van der Waals surface area contributed by atoms with Crippen molar-refractivity contribution in [3.63, 3.8) is 0 Å². The first-order valence-electron chi connectivity index (χ1n) is 11.7. The van der Waals surface area contributed by atoms with Crippen molar-refractivity contribution < 1.29 is 23.3 Å². The Morgan fingerprint density at radius 1 is 1.18 bits per heavy atom. The number of carbonyl (C=O) groups excluding carboxylic acids is 2. The Hall–Kier alpha value is -2.55. The summed E-state index contributed by atoms with van der Waals surface area (Å²) in [7, 11) is 1.29. The van der Waals surface area contributed by atoms with Crippen LogP contribution in [0.2, 0.25) is 18.1 Å². The number of fused-ring (bicyclic) bond motifs is 2. The molecule has 0 saturated carbocycles. The maximum Gasteiger partial charge on any atom is 0.265 e. The highest BCUT2D eigenvalue weighted by molar-refractivity contribution is 6.74. The Bertz CT molecular complexity index is 1120. The molecule has 2 aliphatic carbocycles. The number of Topliss-reactive ketones (excluding diaryl/α,β-unsaturated/α-hetero) is 1. The van der Waals surface area contributed by atoms with Crippen molar-refractivity contribution in [3.05, 3.63) is 59.4 Å². The number of allylic oxidation sites excluding steroid dienone is 1. The van der Waals surface area contributed by atoms with Crippen LogP contribution < -0.4 is 4.74 Å². The van der Waals surface area contributed by atoms with E-state index in [0.717, 1.165) is 5.56 Å². The van der Waals surface area contributed by atoms with Gasteiger partial charge in [-0.1, -0.05) is 57.2 Å². The van der Waals surface area contributed by atoms with Crippen molar-refractivity contribution in [2.75, 3.05) is 14.1 Å². The highest BCUT2D eigenvalue weighted by Gasteiger charge is 2.65. The lowest BCUT2D eigenvalue weighted by Crippen LogP contribution is -2.65. The molecule has 1 aromatic heterocycles. The van der Waals surface area contributed by atoms with Crippen LogP contribution >= 0.6 is 0 Å². The topological polar surface area (TPSA) is 81.9 Å². The molecule has 3 atom stereocenters. The van der Waals surface area contributed by atoms with Gasteiger partial charge >= 0.3 is 0 Å². The van der Waals surface area contributed by atoms with E-state index in [1.807, 2.05) is 55.4 Å². The van der Waals surface area contributed by atoms with Crippen molar-refractivity contribution >= 4 is 19.9 Å². The molecule has 0 spiro atoms. The van der Waals surface area contributed by atoms with E-state index >= 15 is 0 Å². The first-order chi connectivity index (χ1) is 15.9. The summed E-state index contributed by atoms with van der Waals surface area (Å²) < 4.78 is 18.5. The summed E-state index contributed by atoms with van der Waals surface area (Å²) in [5.41, 5.74) is -0.475. The number of carbonyl (C=O) groups is 2. The quantitative estimate of drug-likeness (QED) is 0.425. The Kier molecular flexibility index (Phi) is 6.21. The van der Waals surface area contributed by atoms with Gasteiger partial charge in [0.25, 0.3) is 5.88 Å². The molecule has 0 radical (unpaired) electrons. The van der Waals surface area contributed by atoms with Crippen LogP contribution in [-0.2, 0) is 15.8 Å². The molecule has 8 heteroatoms. The van der Waals surface area contributed by atoms with E-state index in [1.165, 1.54) is 6.08 Å².